The second-order valence-electron chi connectivity index (χ2n) is 7.32. The number of likely N-dealkylation sites (N-methyl/N-ethyl adjacent to an activating group) is 1. The van der Waals surface area contributed by atoms with E-state index >= 15 is 0 Å². The van der Waals surface area contributed by atoms with Gasteiger partial charge in [0.1, 0.15) is 5.75 Å². The molecule has 0 aliphatic carbocycles. The number of carbonyl (C=O) groups is 1. The molecule has 0 radical (unpaired) electrons. The second kappa shape index (κ2) is 8.37. The molecule has 2 aromatic rings. The van der Waals surface area contributed by atoms with E-state index < -0.39 is 6.10 Å². The highest BCUT2D eigenvalue weighted by atomic mass is 32.1. The van der Waals surface area contributed by atoms with Gasteiger partial charge in [0.2, 0.25) is 5.91 Å². The maximum Gasteiger partial charge on any atom is 0.237 e. The summed E-state index contributed by atoms with van der Waals surface area (Å²) in [4.78, 5) is 19.8. The molecular weight excluding hydrogens is 362 g/mol. The van der Waals surface area contributed by atoms with Gasteiger partial charge in [-0.05, 0) is 45.9 Å². The van der Waals surface area contributed by atoms with Crippen LogP contribution >= 0.6 is 11.3 Å². The molecule has 146 valence electrons. The lowest BCUT2D eigenvalue weighted by atomic mass is 10.1. The number of nitrogens with zero attached hydrogens (tertiary/aromatic N) is 2. The van der Waals surface area contributed by atoms with E-state index in [-0.39, 0.29) is 18.1 Å². The fourth-order valence-corrected chi connectivity index (χ4v) is 4.17. The van der Waals surface area contributed by atoms with Gasteiger partial charge >= 0.3 is 0 Å². The topological polar surface area (TPSA) is 74.7 Å². The van der Waals surface area contributed by atoms with Crippen molar-refractivity contribution >= 4 is 17.2 Å². The van der Waals surface area contributed by atoms with E-state index in [0.717, 1.165) is 27.4 Å². The molecule has 1 aromatic heterocycles. The summed E-state index contributed by atoms with van der Waals surface area (Å²) in [7, 11) is 1.86. The molecule has 2 heterocycles. The molecule has 1 aromatic carbocycles. The number of ether oxygens (including phenoxy) is 1. The van der Waals surface area contributed by atoms with Crippen LogP contribution in [-0.4, -0.2) is 52.7 Å². The minimum atomic E-state index is -0.437. The van der Waals surface area contributed by atoms with Crippen LogP contribution in [0.5, 0.6) is 5.75 Å². The van der Waals surface area contributed by atoms with Gasteiger partial charge in [0, 0.05) is 18.7 Å². The highest BCUT2D eigenvalue weighted by molar-refractivity contribution is 7.13. The van der Waals surface area contributed by atoms with Crippen molar-refractivity contribution in [3.63, 3.8) is 0 Å². The van der Waals surface area contributed by atoms with Crippen molar-refractivity contribution in [1.82, 2.24) is 15.2 Å². The average Bonchev–Trinajstić information content (AvgIpc) is 3.17. The van der Waals surface area contributed by atoms with Crippen molar-refractivity contribution in [3.05, 3.63) is 35.0 Å². The number of aliphatic hydroxyl groups is 1. The average molecular weight is 390 g/mol. The maximum absolute atomic E-state index is 12.5. The molecule has 0 spiro atoms. The van der Waals surface area contributed by atoms with Gasteiger partial charge in [0.05, 0.1) is 34.3 Å². The van der Waals surface area contributed by atoms with E-state index in [1.807, 2.05) is 56.4 Å². The molecule has 2 N–H and O–H groups in total. The standard InChI is InChI=1S/C20H27N3O3S/c1-12(2)26-18-7-14(19-13(3)22-11-27-19)5-6-15(18)9-21-20(25)17-8-16(24)10-23(17)4/h5-7,11-12,16-17,24H,8-10H2,1-4H3,(H,21,25)/t16-,17+/m1/s1. The van der Waals surface area contributed by atoms with E-state index in [2.05, 4.69) is 10.3 Å². The number of thiazole rings is 1. The molecule has 1 fully saturated rings. The molecule has 1 saturated heterocycles. The number of amides is 1. The van der Waals surface area contributed by atoms with Crippen LogP contribution in [0, 0.1) is 6.92 Å². The smallest absolute Gasteiger partial charge is 0.237 e. The third-order valence-electron chi connectivity index (χ3n) is 4.72. The van der Waals surface area contributed by atoms with E-state index in [4.69, 9.17) is 4.74 Å². The van der Waals surface area contributed by atoms with Crippen molar-refractivity contribution < 1.29 is 14.6 Å². The van der Waals surface area contributed by atoms with Crippen LogP contribution in [0.15, 0.2) is 23.7 Å². The number of aryl methyl sites for hydroxylation is 1. The molecule has 1 amide bonds. The molecule has 0 bridgehead atoms. The first kappa shape index (κ1) is 19.8. The Hall–Kier alpha value is -1.96. The summed E-state index contributed by atoms with van der Waals surface area (Å²) in [6.07, 6.45) is 0.0715. The zero-order valence-corrected chi connectivity index (χ0v) is 17.0. The molecule has 1 aliphatic rings. The van der Waals surface area contributed by atoms with Crippen molar-refractivity contribution in [2.75, 3.05) is 13.6 Å². The number of hydrogen-bond acceptors (Lipinski definition) is 6. The van der Waals surface area contributed by atoms with E-state index in [0.29, 0.717) is 19.5 Å². The van der Waals surface area contributed by atoms with Gasteiger partial charge in [0.25, 0.3) is 0 Å². The number of hydrogen-bond donors (Lipinski definition) is 2. The number of likely N-dealkylation sites (tertiary alicyclic amines) is 1. The first-order valence-corrected chi connectivity index (χ1v) is 10.1. The Morgan fingerprint density at radius 2 is 2.26 bits per heavy atom. The van der Waals surface area contributed by atoms with Crippen molar-refractivity contribution in [1.29, 1.82) is 0 Å². The highest BCUT2D eigenvalue weighted by Crippen LogP contribution is 2.32. The summed E-state index contributed by atoms with van der Waals surface area (Å²) in [6.45, 7) is 6.89. The van der Waals surface area contributed by atoms with Gasteiger partial charge in [-0.15, -0.1) is 11.3 Å². The summed E-state index contributed by atoms with van der Waals surface area (Å²) in [5.74, 6) is 0.710. The lowest BCUT2D eigenvalue weighted by molar-refractivity contribution is -0.125. The SMILES string of the molecule is Cc1ncsc1-c1ccc(CNC(=O)[C@@H]2C[C@@H](O)CN2C)c(OC(C)C)c1. The lowest BCUT2D eigenvalue weighted by Crippen LogP contribution is -2.41. The third-order valence-corrected chi connectivity index (χ3v) is 5.70. The number of benzene rings is 1. The zero-order valence-electron chi connectivity index (χ0n) is 16.2. The van der Waals surface area contributed by atoms with Crippen molar-refractivity contribution in [2.24, 2.45) is 0 Å². The van der Waals surface area contributed by atoms with Gasteiger partial charge in [-0.25, -0.2) is 4.98 Å². The molecule has 0 saturated carbocycles. The minimum Gasteiger partial charge on any atom is -0.491 e. The summed E-state index contributed by atoms with van der Waals surface area (Å²) in [5.41, 5.74) is 4.84. The molecule has 1 aliphatic heterocycles. The molecule has 7 heteroatoms. The van der Waals surface area contributed by atoms with Crippen LogP contribution in [0.3, 0.4) is 0 Å². The predicted molar refractivity (Wildman–Crippen MR) is 107 cm³/mol. The summed E-state index contributed by atoms with van der Waals surface area (Å²) < 4.78 is 6.00. The predicted octanol–water partition coefficient (Wildman–Crippen LogP) is 2.59. The number of β-amino-alcohol motifs (C(OH)–C–C–N with tert-alkyl or cyclic N) is 1. The Labute approximate surface area is 164 Å². The molecule has 6 nitrogen and oxygen atoms in total. The van der Waals surface area contributed by atoms with Gasteiger partial charge in [0.15, 0.2) is 0 Å². The Bertz CT molecular complexity index is 806. The Morgan fingerprint density at radius 1 is 1.48 bits per heavy atom. The van der Waals surface area contributed by atoms with Crippen LogP contribution in [-0.2, 0) is 11.3 Å². The number of aliphatic hydroxyl groups excluding tert-OH is 1. The third kappa shape index (κ3) is 4.66. The Kier molecular flexibility index (Phi) is 6.14. The number of aromatic nitrogens is 1. The maximum atomic E-state index is 12.5. The van der Waals surface area contributed by atoms with Gasteiger partial charge < -0.3 is 15.2 Å². The minimum absolute atomic E-state index is 0.0355. The number of nitrogens with one attached hydrogen (secondary N) is 1. The Balaban J connectivity index is 1.76. The lowest BCUT2D eigenvalue weighted by Gasteiger charge is -2.20. The summed E-state index contributed by atoms with van der Waals surface area (Å²) >= 11 is 1.61. The second-order valence-corrected chi connectivity index (χ2v) is 8.17. The van der Waals surface area contributed by atoms with Crippen molar-refractivity contribution in [3.8, 4) is 16.2 Å². The molecule has 3 rings (SSSR count). The van der Waals surface area contributed by atoms with E-state index in [1.165, 1.54) is 0 Å². The van der Waals surface area contributed by atoms with E-state index in [9.17, 15) is 9.90 Å². The van der Waals surface area contributed by atoms with Gasteiger partial charge in [-0.2, -0.15) is 0 Å². The first-order chi connectivity index (χ1) is 12.8. The van der Waals surface area contributed by atoms with Gasteiger partial charge in [-0.1, -0.05) is 12.1 Å². The first-order valence-electron chi connectivity index (χ1n) is 9.21. The summed E-state index contributed by atoms with van der Waals surface area (Å²) in [6, 6.07) is 5.78. The quantitative estimate of drug-likeness (QED) is 0.794. The van der Waals surface area contributed by atoms with Crippen LogP contribution in [0.1, 0.15) is 31.5 Å². The van der Waals surface area contributed by atoms with Crippen LogP contribution < -0.4 is 10.1 Å². The zero-order chi connectivity index (χ0) is 19.6. The molecule has 0 unspecified atom stereocenters. The highest BCUT2D eigenvalue weighted by Gasteiger charge is 2.33. The molecule has 27 heavy (non-hydrogen) atoms. The van der Waals surface area contributed by atoms with E-state index in [1.54, 1.807) is 11.3 Å². The number of rotatable bonds is 6. The van der Waals surface area contributed by atoms with Crippen molar-refractivity contribution in [2.45, 2.75) is 52.0 Å². The van der Waals surface area contributed by atoms with Gasteiger partial charge in [-0.3, -0.25) is 9.69 Å². The normalized spacial score (nSPS) is 20.2. The monoisotopic (exact) mass is 389 g/mol. The fourth-order valence-electron chi connectivity index (χ4n) is 3.36. The molecule has 2 atom stereocenters. The van der Waals surface area contributed by atoms with Crippen LogP contribution in [0.2, 0.25) is 0 Å². The van der Waals surface area contributed by atoms with Crippen LogP contribution in [0.4, 0.5) is 0 Å². The Morgan fingerprint density at radius 3 is 2.85 bits per heavy atom. The fraction of sp³-hybridized carbons (Fsp3) is 0.500. The summed E-state index contributed by atoms with van der Waals surface area (Å²) in [5, 5.41) is 12.7. The largest absolute Gasteiger partial charge is 0.491 e. The number of carbonyl (C=O) groups excluding carboxylic acids is 1. The molecular formula is C20H27N3O3S. The van der Waals surface area contributed by atoms with Crippen LogP contribution in [0.25, 0.3) is 10.4 Å².